The third-order valence-corrected chi connectivity index (χ3v) is 4.31. The first kappa shape index (κ1) is 12.7. The molecule has 1 saturated heterocycles. The van der Waals surface area contributed by atoms with Crippen molar-refractivity contribution in [3.63, 3.8) is 0 Å². The first-order valence-corrected chi connectivity index (χ1v) is 7.44. The molecular formula is C13H21N3S. The van der Waals surface area contributed by atoms with E-state index in [1.54, 1.807) is 0 Å². The smallest absolute Gasteiger partial charge is 0.128 e. The van der Waals surface area contributed by atoms with Gasteiger partial charge in [0.1, 0.15) is 5.82 Å². The minimum absolute atomic E-state index is 0.655. The van der Waals surface area contributed by atoms with Crippen LogP contribution in [0.4, 0.5) is 5.82 Å². The average molecular weight is 251 g/mol. The third kappa shape index (κ3) is 3.36. The second-order valence-electron chi connectivity index (χ2n) is 4.40. The normalized spacial score (nSPS) is 19.5. The zero-order chi connectivity index (χ0) is 12.1. The fourth-order valence-electron chi connectivity index (χ4n) is 2.03. The molecule has 1 aliphatic rings. The lowest BCUT2D eigenvalue weighted by Gasteiger charge is -2.25. The van der Waals surface area contributed by atoms with Crippen molar-refractivity contribution in [2.75, 3.05) is 30.0 Å². The van der Waals surface area contributed by atoms with Gasteiger partial charge in [-0.2, -0.15) is 11.8 Å². The molecule has 1 fully saturated rings. The van der Waals surface area contributed by atoms with Crippen molar-refractivity contribution in [3.8, 4) is 0 Å². The third-order valence-electron chi connectivity index (χ3n) is 3.16. The molecule has 0 aromatic carbocycles. The van der Waals surface area contributed by atoms with Gasteiger partial charge in [-0.3, -0.25) is 0 Å². The van der Waals surface area contributed by atoms with Crippen molar-refractivity contribution < 1.29 is 0 Å². The summed E-state index contributed by atoms with van der Waals surface area (Å²) in [5.74, 6) is 3.62. The van der Waals surface area contributed by atoms with Crippen LogP contribution in [0.25, 0.3) is 0 Å². The van der Waals surface area contributed by atoms with Crippen molar-refractivity contribution in [1.29, 1.82) is 0 Å². The lowest BCUT2D eigenvalue weighted by atomic mass is 10.2. The van der Waals surface area contributed by atoms with Crippen LogP contribution < -0.4 is 10.2 Å². The largest absolute Gasteiger partial charge is 0.356 e. The molecule has 0 radical (unpaired) electrons. The van der Waals surface area contributed by atoms with Crippen molar-refractivity contribution >= 4 is 17.6 Å². The molecule has 1 atom stereocenters. The Kier molecular flexibility index (Phi) is 4.68. The Morgan fingerprint density at radius 1 is 1.53 bits per heavy atom. The van der Waals surface area contributed by atoms with Gasteiger partial charge in [0.25, 0.3) is 0 Å². The molecule has 94 valence electrons. The monoisotopic (exact) mass is 251 g/mol. The average Bonchev–Trinajstić information content (AvgIpc) is 2.89. The lowest BCUT2D eigenvalue weighted by Crippen LogP contribution is -2.32. The summed E-state index contributed by atoms with van der Waals surface area (Å²) in [6.07, 6.45) is 1.28. The molecule has 0 amide bonds. The molecule has 3 nitrogen and oxygen atoms in total. The molecule has 1 aliphatic heterocycles. The fourth-order valence-corrected chi connectivity index (χ4v) is 3.30. The number of rotatable bonds is 5. The molecule has 0 saturated carbocycles. The molecule has 1 unspecified atom stereocenters. The van der Waals surface area contributed by atoms with Gasteiger partial charge < -0.3 is 10.2 Å². The van der Waals surface area contributed by atoms with Crippen LogP contribution in [0.3, 0.4) is 0 Å². The molecule has 2 rings (SSSR count). The van der Waals surface area contributed by atoms with Gasteiger partial charge in [0, 0.05) is 25.4 Å². The molecule has 0 aliphatic carbocycles. The van der Waals surface area contributed by atoms with Gasteiger partial charge in [0.2, 0.25) is 0 Å². The molecule has 0 bridgehead atoms. The molecule has 4 heteroatoms. The maximum atomic E-state index is 4.71. The molecule has 17 heavy (non-hydrogen) atoms. The van der Waals surface area contributed by atoms with Crippen LogP contribution in [0, 0.1) is 0 Å². The molecule has 1 N–H and O–H groups in total. The van der Waals surface area contributed by atoms with Crippen molar-refractivity contribution in [2.24, 2.45) is 0 Å². The van der Waals surface area contributed by atoms with Crippen LogP contribution in [0.1, 0.15) is 19.0 Å². The second-order valence-corrected chi connectivity index (χ2v) is 5.55. The number of thioether (sulfide) groups is 1. The Bertz CT molecular complexity index is 350. The number of hydrogen-bond acceptors (Lipinski definition) is 4. The number of nitrogens with zero attached hydrogens (tertiary/aromatic N) is 2. The van der Waals surface area contributed by atoms with Crippen molar-refractivity contribution in [3.05, 3.63) is 23.9 Å². The van der Waals surface area contributed by atoms with E-state index in [9.17, 15) is 0 Å². The zero-order valence-electron chi connectivity index (χ0n) is 10.6. The van der Waals surface area contributed by atoms with Gasteiger partial charge >= 0.3 is 0 Å². The molecule has 2 heterocycles. The highest BCUT2D eigenvalue weighted by Crippen LogP contribution is 2.24. The van der Waals surface area contributed by atoms with Gasteiger partial charge in [-0.15, -0.1) is 0 Å². The van der Waals surface area contributed by atoms with E-state index >= 15 is 0 Å². The number of anilines is 1. The first-order valence-electron chi connectivity index (χ1n) is 6.28. The van der Waals surface area contributed by atoms with Gasteiger partial charge in [-0.05, 0) is 30.9 Å². The van der Waals surface area contributed by atoms with Crippen LogP contribution in [0.2, 0.25) is 0 Å². The summed E-state index contributed by atoms with van der Waals surface area (Å²) in [5.41, 5.74) is 1.13. The van der Waals surface area contributed by atoms with Crippen molar-refractivity contribution in [1.82, 2.24) is 10.3 Å². The quantitative estimate of drug-likeness (QED) is 0.868. The molecule has 0 spiro atoms. The van der Waals surface area contributed by atoms with Gasteiger partial charge in [-0.1, -0.05) is 13.0 Å². The van der Waals surface area contributed by atoms with E-state index in [0.717, 1.165) is 24.6 Å². The van der Waals surface area contributed by atoms with E-state index in [0.29, 0.717) is 6.04 Å². The predicted octanol–water partition coefficient (Wildman–Crippen LogP) is 2.13. The van der Waals surface area contributed by atoms with Gasteiger partial charge in [0.05, 0.1) is 5.69 Å². The summed E-state index contributed by atoms with van der Waals surface area (Å²) in [6, 6.07) is 6.96. The lowest BCUT2D eigenvalue weighted by molar-refractivity contribution is 0.679. The zero-order valence-corrected chi connectivity index (χ0v) is 11.5. The number of nitrogens with one attached hydrogen (secondary N) is 1. The Morgan fingerprint density at radius 3 is 3.12 bits per heavy atom. The second kappa shape index (κ2) is 6.26. The number of aromatic nitrogens is 1. The van der Waals surface area contributed by atoms with E-state index in [1.807, 2.05) is 11.8 Å². The molecular weight excluding hydrogens is 230 g/mol. The van der Waals surface area contributed by atoms with Crippen LogP contribution in [-0.4, -0.2) is 36.1 Å². The maximum Gasteiger partial charge on any atom is 0.128 e. The Morgan fingerprint density at radius 2 is 2.41 bits per heavy atom. The van der Waals surface area contributed by atoms with Crippen LogP contribution in [0.5, 0.6) is 0 Å². The SMILES string of the molecule is CCNCc1cccc(N(C)C2CCSC2)n1. The highest BCUT2D eigenvalue weighted by Gasteiger charge is 2.20. The van der Waals surface area contributed by atoms with Crippen LogP contribution >= 0.6 is 11.8 Å². The number of hydrogen-bond donors (Lipinski definition) is 1. The van der Waals surface area contributed by atoms with Crippen molar-refractivity contribution in [2.45, 2.75) is 25.9 Å². The van der Waals surface area contributed by atoms with E-state index in [-0.39, 0.29) is 0 Å². The van der Waals surface area contributed by atoms with Gasteiger partial charge in [-0.25, -0.2) is 4.98 Å². The first-order chi connectivity index (χ1) is 8.31. The Labute approximate surface area is 108 Å². The summed E-state index contributed by atoms with van der Waals surface area (Å²) >= 11 is 2.04. The molecule has 1 aromatic rings. The van der Waals surface area contributed by atoms with Crippen LogP contribution in [0.15, 0.2) is 18.2 Å². The summed E-state index contributed by atoms with van der Waals surface area (Å²) in [5, 5.41) is 3.32. The summed E-state index contributed by atoms with van der Waals surface area (Å²) in [6.45, 7) is 3.96. The van der Waals surface area contributed by atoms with E-state index in [2.05, 4.69) is 42.4 Å². The Balaban J connectivity index is 2.03. The van der Waals surface area contributed by atoms with Crippen LogP contribution in [-0.2, 0) is 6.54 Å². The summed E-state index contributed by atoms with van der Waals surface area (Å²) < 4.78 is 0. The summed E-state index contributed by atoms with van der Waals surface area (Å²) in [7, 11) is 2.16. The van der Waals surface area contributed by atoms with E-state index < -0.39 is 0 Å². The van der Waals surface area contributed by atoms with Gasteiger partial charge in [0.15, 0.2) is 0 Å². The standard InChI is InChI=1S/C13H21N3S/c1-3-14-9-11-5-4-6-13(15-11)16(2)12-7-8-17-10-12/h4-6,12,14H,3,7-10H2,1-2H3. The maximum absolute atomic E-state index is 4.71. The minimum Gasteiger partial charge on any atom is -0.356 e. The number of pyridine rings is 1. The molecule has 1 aromatic heterocycles. The van der Waals surface area contributed by atoms with E-state index in [1.165, 1.54) is 17.9 Å². The highest BCUT2D eigenvalue weighted by atomic mass is 32.2. The minimum atomic E-state index is 0.655. The topological polar surface area (TPSA) is 28.2 Å². The highest BCUT2D eigenvalue weighted by molar-refractivity contribution is 7.99. The fraction of sp³-hybridized carbons (Fsp3) is 0.615. The predicted molar refractivity (Wildman–Crippen MR) is 75.8 cm³/mol. The van der Waals surface area contributed by atoms with E-state index in [4.69, 9.17) is 4.98 Å². The summed E-state index contributed by atoms with van der Waals surface area (Å²) in [4.78, 5) is 7.04. The Hall–Kier alpha value is -0.740.